The molecule has 0 fully saturated rings. The van der Waals surface area contributed by atoms with Crippen LogP contribution in [0.1, 0.15) is 317 Å². The van der Waals surface area contributed by atoms with Gasteiger partial charge in [0.05, 0.1) is 13.2 Å². The Labute approximate surface area is 393 Å². The Morgan fingerprint density at radius 2 is 0.619 bits per heavy atom. The molecule has 6 nitrogen and oxygen atoms in total. The van der Waals surface area contributed by atoms with E-state index in [-0.39, 0.29) is 30.7 Å². The quantitative estimate of drug-likeness (QED) is 0.0486. The molecule has 374 valence electrons. The van der Waals surface area contributed by atoms with Gasteiger partial charge in [-0.1, -0.05) is 266 Å². The fourth-order valence-electron chi connectivity index (χ4n) is 9.14. The predicted octanol–water partition coefficient (Wildman–Crippen LogP) is 18.1. The minimum Gasteiger partial charge on any atom is -0.465 e. The van der Waals surface area contributed by atoms with Crippen molar-refractivity contribution in [2.75, 3.05) is 13.2 Å². The smallest absolute Gasteiger partial charge is 0.328 e. The first-order valence-electron chi connectivity index (χ1n) is 28.5. The van der Waals surface area contributed by atoms with E-state index in [0.717, 1.165) is 44.9 Å². The maximum atomic E-state index is 13.8. The molecule has 0 aromatic carbocycles. The molecular weight excluding hydrogens is 779 g/mol. The van der Waals surface area contributed by atoms with Crippen molar-refractivity contribution in [3.63, 3.8) is 0 Å². The Kier molecular flexibility index (Phi) is 48.6. The van der Waals surface area contributed by atoms with Gasteiger partial charge in [-0.2, -0.15) is 0 Å². The molecule has 1 amide bonds. The van der Waals surface area contributed by atoms with Gasteiger partial charge in [0, 0.05) is 12.8 Å². The van der Waals surface area contributed by atoms with Crippen molar-refractivity contribution >= 4 is 17.8 Å². The Morgan fingerprint density at radius 1 is 0.333 bits per heavy atom. The van der Waals surface area contributed by atoms with E-state index >= 15 is 0 Å². The molecule has 0 aromatic rings. The van der Waals surface area contributed by atoms with Crippen LogP contribution in [0.25, 0.3) is 0 Å². The summed E-state index contributed by atoms with van der Waals surface area (Å²) in [6.07, 6.45) is 51.8. The Hall–Kier alpha value is -1.59. The van der Waals surface area contributed by atoms with Crippen LogP contribution in [0, 0.1) is 11.8 Å². The van der Waals surface area contributed by atoms with Gasteiger partial charge in [-0.15, -0.1) is 0 Å². The number of hydrogen-bond donors (Lipinski definition) is 1. The zero-order chi connectivity index (χ0) is 46.1. The number of nitrogens with one attached hydrogen (secondary N) is 1. The number of hydrogen-bond acceptors (Lipinski definition) is 5. The van der Waals surface area contributed by atoms with E-state index in [2.05, 4.69) is 39.9 Å². The van der Waals surface area contributed by atoms with Gasteiger partial charge >= 0.3 is 11.9 Å². The normalized spacial score (nSPS) is 12.9. The summed E-state index contributed by atoms with van der Waals surface area (Å²) in [5.74, 6) is -0.0294. The van der Waals surface area contributed by atoms with Gasteiger partial charge < -0.3 is 14.8 Å². The summed E-state index contributed by atoms with van der Waals surface area (Å²) >= 11 is 0. The molecule has 0 heterocycles. The summed E-state index contributed by atoms with van der Waals surface area (Å²) in [6.45, 7) is 12.2. The van der Waals surface area contributed by atoms with E-state index in [0.29, 0.717) is 31.5 Å². The number of unbranched alkanes of at least 4 members (excludes halogenated alkanes) is 32. The number of carbonyl (C=O) groups excluding carboxylic acids is 3. The zero-order valence-electron chi connectivity index (χ0n) is 43.3. The standard InChI is InChI=1S/C57H111NO5/c1-6-11-16-21-26-29-32-37-42-47-55(59)58-54(57(61)63-51-53(45-39-34-25-20-15-10-5)46-41-36-31-28-23-18-13-8-3)48-49-56(60)62-50-52(43-38-33-24-19-14-9-4)44-40-35-30-27-22-17-12-7-2/h52-54H,6-51H2,1-5H3,(H,58,59). The number of esters is 2. The summed E-state index contributed by atoms with van der Waals surface area (Å²) in [5.41, 5.74) is 0. The number of carbonyl (C=O) groups is 3. The first-order chi connectivity index (χ1) is 30.9. The second-order valence-electron chi connectivity index (χ2n) is 19.9. The molecule has 0 saturated carbocycles. The van der Waals surface area contributed by atoms with Gasteiger partial charge in [-0.3, -0.25) is 9.59 Å². The third-order valence-corrected chi connectivity index (χ3v) is 13.6. The van der Waals surface area contributed by atoms with Gasteiger partial charge in [0.2, 0.25) is 5.91 Å². The molecule has 0 bridgehead atoms. The lowest BCUT2D eigenvalue weighted by Crippen LogP contribution is -2.42. The monoisotopic (exact) mass is 890 g/mol. The second kappa shape index (κ2) is 49.8. The molecule has 0 rings (SSSR count). The molecule has 1 N–H and O–H groups in total. The zero-order valence-corrected chi connectivity index (χ0v) is 43.3. The summed E-state index contributed by atoms with van der Waals surface area (Å²) < 4.78 is 12.0. The minimum atomic E-state index is -0.822. The summed E-state index contributed by atoms with van der Waals surface area (Å²) in [7, 11) is 0. The van der Waals surface area contributed by atoms with Gasteiger partial charge in [-0.25, -0.2) is 4.79 Å². The molecular formula is C57H111NO5. The van der Waals surface area contributed by atoms with E-state index < -0.39 is 6.04 Å². The fraction of sp³-hybridized carbons (Fsp3) is 0.947. The van der Waals surface area contributed by atoms with Crippen molar-refractivity contribution < 1.29 is 23.9 Å². The van der Waals surface area contributed by atoms with Gasteiger partial charge in [0.25, 0.3) is 0 Å². The lowest BCUT2D eigenvalue weighted by atomic mass is 9.94. The molecule has 0 aromatic heterocycles. The maximum Gasteiger partial charge on any atom is 0.328 e. The van der Waals surface area contributed by atoms with Gasteiger partial charge in [0.1, 0.15) is 6.04 Å². The summed E-state index contributed by atoms with van der Waals surface area (Å²) in [5, 5.41) is 3.02. The number of amides is 1. The topological polar surface area (TPSA) is 81.7 Å². The van der Waals surface area contributed by atoms with E-state index in [9.17, 15) is 14.4 Å². The van der Waals surface area contributed by atoms with Crippen LogP contribution in [0.2, 0.25) is 0 Å². The Morgan fingerprint density at radius 3 is 0.952 bits per heavy atom. The van der Waals surface area contributed by atoms with E-state index in [1.54, 1.807) is 0 Å². The van der Waals surface area contributed by atoms with E-state index in [1.165, 1.54) is 218 Å². The summed E-state index contributed by atoms with van der Waals surface area (Å²) in [6, 6.07) is -0.822. The third-order valence-electron chi connectivity index (χ3n) is 13.6. The van der Waals surface area contributed by atoms with Crippen LogP contribution in [0.4, 0.5) is 0 Å². The van der Waals surface area contributed by atoms with Crippen molar-refractivity contribution in [1.29, 1.82) is 0 Å². The highest BCUT2D eigenvalue weighted by atomic mass is 16.5. The van der Waals surface area contributed by atoms with Crippen molar-refractivity contribution in [2.24, 2.45) is 11.8 Å². The molecule has 0 aliphatic heterocycles. The third kappa shape index (κ3) is 44.0. The number of rotatable bonds is 51. The lowest BCUT2D eigenvalue weighted by Gasteiger charge is -2.21. The van der Waals surface area contributed by atoms with Crippen molar-refractivity contribution in [2.45, 2.75) is 323 Å². The first-order valence-corrected chi connectivity index (χ1v) is 28.5. The van der Waals surface area contributed by atoms with Crippen LogP contribution in [0.3, 0.4) is 0 Å². The fourth-order valence-corrected chi connectivity index (χ4v) is 9.14. The maximum absolute atomic E-state index is 13.8. The van der Waals surface area contributed by atoms with Crippen LogP contribution in [-0.4, -0.2) is 37.1 Å². The minimum absolute atomic E-state index is 0.110. The second-order valence-corrected chi connectivity index (χ2v) is 19.9. The average molecular weight is 891 g/mol. The first kappa shape index (κ1) is 61.4. The Balaban J connectivity index is 5.41. The van der Waals surface area contributed by atoms with Crippen molar-refractivity contribution in [3.8, 4) is 0 Å². The SMILES string of the molecule is CCCCCCCCCCCC(=O)NC(CCC(=O)OCC(CCCCCCCC)CCCCCCCCCC)C(=O)OCC(CCCCCCCC)CCCCCCCCCC. The van der Waals surface area contributed by atoms with Crippen LogP contribution in [-0.2, 0) is 23.9 Å². The molecule has 6 heteroatoms. The van der Waals surface area contributed by atoms with Crippen molar-refractivity contribution in [3.05, 3.63) is 0 Å². The van der Waals surface area contributed by atoms with Crippen LogP contribution in [0.15, 0.2) is 0 Å². The molecule has 0 aliphatic rings. The van der Waals surface area contributed by atoms with Gasteiger partial charge in [-0.05, 0) is 50.4 Å². The molecule has 3 unspecified atom stereocenters. The molecule has 0 spiro atoms. The average Bonchev–Trinajstić information content (AvgIpc) is 3.28. The van der Waals surface area contributed by atoms with Crippen molar-refractivity contribution in [1.82, 2.24) is 5.32 Å². The molecule has 3 atom stereocenters. The molecule has 0 saturated heterocycles. The molecule has 0 radical (unpaired) electrons. The highest BCUT2D eigenvalue weighted by Crippen LogP contribution is 2.23. The lowest BCUT2D eigenvalue weighted by molar-refractivity contribution is -0.150. The highest BCUT2D eigenvalue weighted by Gasteiger charge is 2.25. The van der Waals surface area contributed by atoms with E-state index in [4.69, 9.17) is 9.47 Å². The van der Waals surface area contributed by atoms with Crippen LogP contribution in [0.5, 0.6) is 0 Å². The van der Waals surface area contributed by atoms with E-state index in [1.807, 2.05) is 0 Å². The van der Waals surface area contributed by atoms with Gasteiger partial charge in [0.15, 0.2) is 0 Å². The summed E-state index contributed by atoms with van der Waals surface area (Å²) in [4.78, 5) is 40.4. The predicted molar refractivity (Wildman–Crippen MR) is 272 cm³/mol. The Bertz CT molecular complexity index is 970. The highest BCUT2D eigenvalue weighted by molar-refractivity contribution is 5.85. The van der Waals surface area contributed by atoms with Crippen LogP contribution < -0.4 is 5.32 Å². The molecule has 0 aliphatic carbocycles. The molecule has 63 heavy (non-hydrogen) atoms. The largest absolute Gasteiger partial charge is 0.465 e. The number of ether oxygens (including phenoxy) is 2. The van der Waals surface area contributed by atoms with Crippen LogP contribution >= 0.6 is 0 Å².